The first-order valence-corrected chi connectivity index (χ1v) is 5.51. The first-order chi connectivity index (χ1) is 7.74. The molecule has 1 atom stereocenters. The van der Waals surface area contributed by atoms with Gasteiger partial charge in [0.25, 0.3) is 0 Å². The van der Waals surface area contributed by atoms with E-state index in [4.69, 9.17) is 4.74 Å². The molecular weight excluding hydrogens is 253 g/mol. The van der Waals surface area contributed by atoms with Crippen LogP contribution in [0.5, 0.6) is 5.75 Å². The maximum absolute atomic E-state index is 12.4. The summed E-state index contributed by atoms with van der Waals surface area (Å²) in [6.45, 7) is 1.38. The van der Waals surface area contributed by atoms with Crippen LogP contribution in [0.1, 0.15) is 12.5 Å². The Morgan fingerprint density at radius 1 is 1.35 bits per heavy atom. The van der Waals surface area contributed by atoms with Crippen molar-refractivity contribution in [1.82, 2.24) is 0 Å². The van der Waals surface area contributed by atoms with Crippen LogP contribution >= 0.6 is 12.6 Å². The van der Waals surface area contributed by atoms with Gasteiger partial charge in [-0.2, -0.15) is 25.8 Å². The van der Waals surface area contributed by atoms with E-state index in [2.05, 4.69) is 12.6 Å². The van der Waals surface area contributed by atoms with Crippen molar-refractivity contribution in [2.75, 3.05) is 12.4 Å². The third-order valence-electron chi connectivity index (χ3n) is 2.05. The number of hydrogen-bond donors (Lipinski definition) is 2. The van der Waals surface area contributed by atoms with Crippen LogP contribution in [-0.2, 0) is 6.18 Å². The maximum Gasteiger partial charge on any atom is 0.416 e. The lowest BCUT2D eigenvalue weighted by atomic mass is 10.1. The summed E-state index contributed by atoms with van der Waals surface area (Å²) in [6, 6.07) is 4.52. The summed E-state index contributed by atoms with van der Waals surface area (Å²) in [5, 5.41) is 9.59. The zero-order chi connectivity index (χ0) is 13.1. The molecule has 0 amide bonds. The molecule has 1 aromatic carbocycles. The Bertz CT molecular complexity index is 377. The largest absolute Gasteiger partial charge is 0.491 e. The molecule has 1 N–H and O–H groups in total. The number of benzene rings is 1. The number of hydrogen-bond acceptors (Lipinski definition) is 3. The molecule has 96 valence electrons. The Kier molecular flexibility index (Phi) is 4.32. The quantitative estimate of drug-likeness (QED) is 0.821. The van der Waals surface area contributed by atoms with Crippen LogP contribution in [0.15, 0.2) is 24.3 Å². The van der Waals surface area contributed by atoms with Crippen molar-refractivity contribution in [3.05, 3.63) is 29.8 Å². The van der Waals surface area contributed by atoms with Crippen molar-refractivity contribution in [3.8, 4) is 5.75 Å². The summed E-state index contributed by atoms with van der Waals surface area (Å²) in [5.41, 5.74) is -1.95. The van der Waals surface area contributed by atoms with Crippen molar-refractivity contribution >= 4 is 12.6 Å². The number of alkyl halides is 3. The van der Waals surface area contributed by atoms with E-state index >= 15 is 0 Å². The van der Waals surface area contributed by atoms with Gasteiger partial charge in [-0.1, -0.05) is 6.07 Å². The van der Waals surface area contributed by atoms with Crippen LogP contribution in [0.2, 0.25) is 0 Å². The lowest BCUT2D eigenvalue weighted by Gasteiger charge is -2.21. The van der Waals surface area contributed by atoms with Crippen LogP contribution in [0.25, 0.3) is 0 Å². The van der Waals surface area contributed by atoms with Crippen LogP contribution < -0.4 is 4.74 Å². The fourth-order valence-corrected chi connectivity index (χ4v) is 1.14. The smallest absolute Gasteiger partial charge is 0.416 e. The summed E-state index contributed by atoms with van der Waals surface area (Å²) in [7, 11) is 0. The number of aliphatic hydroxyl groups is 1. The third-order valence-corrected chi connectivity index (χ3v) is 2.73. The minimum absolute atomic E-state index is 0.0712. The van der Waals surface area contributed by atoms with E-state index in [1.54, 1.807) is 0 Å². The summed E-state index contributed by atoms with van der Waals surface area (Å²) in [5.74, 6) is 0.230. The van der Waals surface area contributed by atoms with Gasteiger partial charge in [0.1, 0.15) is 18.0 Å². The average molecular weight is 266 g/mol. The molecule has 0 aromatic heterocycles. The van der Waals surface area contributed by atoms with Crippen LogP contribution in [0.4, 0.5) is 13.2 Å². The SMILES string of the molecule is CC(O)(CS)COc1cccc(C(F)(F)F)c1. The van der Waals surface area contributed by atoms with E-state index in [-0.39, 0.29) is 18.1 Å². The zero-order valence-electron chi connectivity index (χ0n) is 9.16. The maximum atomic E-state index is 12.4. The van der Waals surface area contributed by atoms with Gasteiger partial charge in [0, 0.05) is 5.75 Å². The second-order valence-corrected chi connectivity index (χ2v) is 4.29. The summed E-state index contributed by atoms with van der Waals surface area (Å²) in [6.07, 6.45) is -4.40. The number of thiol groups is 1. The molecule has 1 unspecified atom stereocenters. The van der Waals surface area contributed by atoms with Gasteiger partial charge in [-0.05, 0) is 25.1 Å². The third kappa shape index (κ3) is 4.47. The highest BCUT2D eigenvalue weighted by atomic mass is 32.1. The molecule has 0 aliphatic heterocycles. The molecule has 0 bridgehead atoms. The van der Waals surface area contributed by atoms with Gasteiger partial charge >= 0.3 is 6.18 Å². The van der Waals surface area contributed by atoms with Gasteiger partial charge in [0.15, 0.2) is 0 Å². The Balaban J connectivity index is 2.74. The molecule has 0 radical (unpaired) electrons. The molecule has 0 aliphatic rings. The monoisotopic (exact) mass is 266 g/mol. The molecule has 0 saturated heterocycles. The molecule has 17 heavy (non-hydrogen) atoms. The molecule has 6 heteroatoms. The van der Waals surface area contributed by atoms with E-state index in [0.29, 0.717) is 0 Å². The number of ether oxygens (including phenoxy) is 1. The fraction of sp³-hybridized carbons (Fsp3) is 0.455. The second-order valence-electron chi connectivity index (χ2n) is 3.97. The standard InChI is InChI=1S/C11H13F3O2S/c1-10(15,7-17)6-16-9-4-2-3-8(5-9)11(12,13)14/h2-5,15,17H,6-7H2,1H3. The van der Waals surface area contributed by atoms with Crippen LogP contribution in [0.3, 0.4) is 0 Å². The van der Waals surface area contributed by atoms with Crippen LogP contribution in [0, 0.1) is 0 Å². The molecule has 0 saturated carbocycles. The highest BCUT2D eigenvalue weighted by molar-refractivity contribution is 7.80. The summed E-state index contributed by atoms with van der Waals surface area (Å²) < 4.78 is 42.3. The van der Waals surface area contributed by atoms with E-state index < -0.39 is 17.3 Å². The van der Waals surface area contributed by atoms with Gasteiger partial charge in [0.2, 0.25) is 0 Å². The Hall–Kier alpha value is -0.880. The molecule has 0 spiro atoms. The normalized spacial score (nSPS) is 15.4. The van der Waals surface area contributed by atoms with E-state index in [0.717, 1.165) is 12.1 Å². The van der Waals surface area contributed by atoms with Gasteiger partial charge in [-0.15, -0.1) is 0 Å². The van der Waals surface area contributed by atoms with Gasteiger partial charge in [-0.3, -0.25) is 0 Å². The van der Waals surface area contributed by atoms with Gasteiger partial charge in [0.05, 0.1) is 5.56 Å². The number of rotatable bonds is 4. The first kappa shape index (κ1) is 14.2. The van der Waals surface area contributed by atoms with Crippen LogP contribution in [-0.4, -0.2) is 23.1 Å². The lowest BCUT2D eigenvalue weighted by Crippen LogP contribution is -2.34. The van der Waals surface area contributed by atoms with Gasteiger partial charge < -0.3 is 9.84 Å². The molecular formula is C11H13F3O2S. The molecule has 1 aromatic rings. The van der Waals surface area contributed by atoms with Gasteiger partial charge in [-0.25, -0.2) is 0 Å². The molecule has 1 rings (SSSR count). The molecule has 0 fully saturated rings. The van der Waals surface area contributed by atoms with E-state index in [1.807, 2.05) is 0 Å². The highest BCUT2D eigenvalue weighted by Crippen LogP contribution is 2.31. The highest BCUT2D eigenvalue weighted by Gasteiger charge is 2.30. The fourth-order valence-electron chi connectivity index (χ4n) is 1.05. The van der Waals surface area contributed by atoms with E-state index in [9.17, 15) is 18.3 Å². The minimum Gasteiger partial charge on any atom is -0.491 e. The molecule has 0 heterocycles. The Labute approximate surface area is 103 Å². The predicted molar refractivity (Wildman–Crippen MR) is 61.4 cm³/mol. The van der Waals surface area contributed by atoms with E-state index in [1.165, 1.54) is 19.1 Å². The zero-order valence-corrected chi connectivity index (χ0v) is 10.1. The molecule has 0 aliphatic carbocycles. The Morgan fingerprint density at radius 2 is 2.00 bits per heavy atom. The Morgan fingerprint density at radius 3 is 2.53 bits per heavy atom. The van der Waals surface area contributed by atoms with Crippen molar-refractivity contribution < 1.29 is 23.0 Å². The van der Waals surface area contributed by atoms with Crippen molar-refractivity contribution in [1.29, 1.82) is 0 Å². The summed E-state index contributed by atoms with van der Waals surface area (Å²) in [4.78, 5) is 0. The lowest BCUT2D eigenvalue weighted by molar-refractivity contribution is -0.137. The minimum atomic E-state index is -4.40. The first-order valence-electron chi connectivity index (χ1n) is 4.88. The second kappa shape index (κ2) is 5.18. The predicted octanol–water partition coefficient (Wildman–Crippen LogP) is 2.77. The van der Waals surface area contributed by atoms with Crippen molar-refractivity contribution in [2.45, 2.75) is 18.7 Å². The topological polar surface area (TPSA) is 29.5 Å². The average Bonchev–Trinajstić information content (AvgIpc) is 2.26. The van der Waals surface area contributed by atoms with Crippen molar-refractivity contribution in [2.24, 2.45) is 0 Å². The number of halogens is 3. The molecule has 2 nitrogen and oxygen atoms in total. The summed E-state index contributed by atoms with van der Waals surface area (Å²) >= 11 is 3.90. The van der Waals surface area contributed by atoms with Crippen molar-refractivity contribution in [3.63, 3.8) is 0 Å².